The molecule has 0 aliphatic carbocycles. The zero-order chi connectivity index (χ0) is 22.9. The molecule has 1 aromatic carbocycles. The van der Waals surface area contributed by atoms with Crippen LogP contribution in [0.25, 0.3) is 5.69 Å². The molecule has 0 fully saturated rings. The van der Waals surface area contributed by atoms with E-state index in [1.165, 1.54) is 23.9 Å². The van der Waals surface area contributed by atoms with Crippen molar-refractivity contribution in [3.63, 3.8) is 0 Å². The second-order valence-corrected chi connectivity index (χ2v) is 9.33. The number of imidazole rings is 1. The summed E-state index contributed by atoms with van der Waals surface area (Å²) in [5, 5.41) is 8.38. The maximum absolute atomic E-state index is 13.4. The minimum absolute atomic E-state index is 0.199. The lowest BCUT2D eigenvalue weighted by Crippen LogP contribution is -2.14. The molecule has 166 valence electrons. The quantitative estimate of drug-likeness (QED) is 0.407. The van der Waals surface area contributed by atoms with E-state index < -0.39 is 0 Å². The number of carbonyl (C=O) groups is 1. The zero-order valence-electron chi connectivity index (χ0n) is 18.3. The van der Waals surface area contributed by atoms with E-state index in [0.717, 1.165) is 10.9 Å². The molecule has 0 atom stereocenters. The number of nitrogens with zero attached hydrogens (tertiary/aromatic N) is 4. The van der Waals surface area contributed by atoms with Crippen molar-refractivity contribution in [2.24, 2.45) is 7.05 Å². The SMILES string of the molecule is Cn1ccnc1SCc1ccc(C(=O)Nc2cc(C(C)(C)C)nn2-c2ccc(F)cc2)o1. The molecule has 3 heterocycles. The number of aryl methyl sites for hydroxylation is 1. The number of hydrogen-bond donors (Lipinski definition) is 1. The standard InChI is InChI=1S/C23H24FN5O2S/c1-23(2,3)19-13-20(29(27-19)16-7-5-15(24)6-8-16)26-21(30)18-10-9-17(31-18)14-32-22-25-11-12-28(22)4/h5-13H,14H2,1-4H3,(H,26,30). The number of nitrogens with one attached hydrogen (secondary N) is 1. The van der Waals surface area contributed by atoms with Crippen LogP contribution < -0.4 is 5.32 Å². The lowest BCUT2D eigenvalue weighted by molar-refractivity contribution is 0.0994. The first-order valence-electron chi connectivity index (χ1n) is 10.1. The predicted molar refractivity (Wildman–Crippen MR) is 122 cm³/mol. The van der Waals surface area contributed by atoms with Crippen LogP contribution in [0.3, 0.4) is 0 Å². The van der Waals surface area contributed by atoms with Gasteiger partial charge < -0.3 is 14.3 Å². The number of amides is 1. The fourth-order valence-electron chi connectivity index (χ4n) is 3.00. The van der Waals surface area contributed by atoms with Crippen molar-refractivity contribution < 1.29 is 13.6 Å². The molecule has 0 saturated heterocycles. The molecule has 0 aliphatic rings. The van der Waals surface area contributed by atoms with Gasteiger partial charge in [-0.2, -0.15) is 5.10 Å². The summed E-state index contributed by atoms with van der Waals surface area (Å²) in [7, 11) is 1.92. The van der Waals surface area contributed by atoms with Gasteiger partial charge in [0.2, 0.25) is 0 Å². The number of aromatic nitrogens is 4. The number of halogens is 1. The van der Waals surface area contributed by atoms with E-state index in [4.69, 9.17) is 4.42 Å². The zero-order valence-corrected chi connectivity index (χ0v) is 19.1. The van der Waals surface area contributed by atoms with E-state index in [0.29, 0.717) is 23.0 Å². The lowest BCUT2D eigenvalue weighted by atomic mass is 9.92. The maximum Gasteiger partial charge on any atom is 0.292 e. The number of carbonyl (C=O) groups excluding carboxylic acids is 1. The minimum Gasteiger partial charge on any atom is -0.455 e. The molecule has 0 bridgehead atoms. The van der Waals surface area contributed by atoms with Crippen molar-refractivity contribution in [3.8, 4) is 5.69 Å². The van der Waals surface area contributed by atoms with Gasteiger partial charge in [0.15, 0.2) is 10.9 Å². The average Bonchev–Trinajstić information content (AvgIpc) is 3.46. The summed E-state index contributed by atoms with van der Waals surface area (Å²) in [5.74, 6) is 1.18. The predicted octanol–water partition coefficient (Wildman–Crippen LogP) is 5.18. The number of furan rings is 1. The van der Waals surface area contributed by atoms with Gasteiger partial charge in [-0.05, 0) is 36.4 Å². The van der Waals surface area contributed by atoms with E-state index in [9.17, 15) is 9.18 Å². The summed E-state index contributed by atoms with van der Waals surface area (Å²) < 4.78 is 22.6. The number of benzene rings is 1. The van der Waals surface area contributed by atoms with E-state index in [2.05, 4.69) is 15.4 Å². The second kappa shape index (κ2) is 8.66. The van der Waals surface area contributed by atoms with Crippen LogP contribution in [0.2, 0.25) is 0 Å². The fraction of sp³-hybridized carbons (Fsp3) is 0.261. The van der Waals surface area contributed by atoms with Crippen LogP contribution >= 0.6 is 11.8 Å². The highest BCUT2D eigenvalue weighted by atomic mass is 32.2. The van der Waals surface area contributed by atoms with Crippen molar-refractivity contribution in [2.45, 2.75) is 37.1 Å². The highest BCUT2D eigenvalue weighted by Crippen LogP contribution is 2.27. The van der Waals surface area contributed by atoms with Crippen molar-refractivity contribution in [2.75, 3.05) is 5.32 Å². The van der Waals surface area contributed by atoms with Crippen LogP contribution in [0.4, 0.5) is 10.2 Å². The number of anilines is 1. The third-order valence-electron chi connectivity index (χ3n) is 4.80. The first-order valence-corrected chi connectivity index (χ1v) is 11.1. The molecule has 0 spiro atoms. The molecule has 9 heteroatoms. The van der Waals surface area contributed by atoms with Crippen LogP contribution in [-0.4, -0.2) is 25.2 Å². The van der Waals surface area contributed by atoms with Crippen LogP contribution in [-0.2, 0) is 18.2 Å². The van der Waals surface area contributed by atoms with Crippen LogP contribution in [0, 0.1) is 5.82 Å². The van der Waals surface area contributed by atoms with Gasteiger partial charge in [0.25, 0.3) is 5.91 Å². The van der Waals surface area contributed by atoms with E-state index in [1.54, 1.807) is 35.1 Å². The highest BCUT2D eigenvalue weighted by Gasteiger charge is 2.22. The first-order chi connectivity index (χ1) is 15.2. The molecule has 0 aliphatic heterocycles. The van der Waals surface area contributed by atoms with Crippen LogP contribution in [0.15, 0.2) is 64.4 Å². The normalized spacial score (nSPS) is 11.7. The molecule has 32 heavy (non-hydrogen) atoms. The maximum atomic E-state index is 13.4. The van der Waals surface area contributed by atoms with Crippen molar-refractivity contribution in [3.05, 3.63) is 77.9 Å². The summed E-state index contributed by atoms with van der Waals surface area (Å²) in [5.41, 5.74) is 1.21. The summed E-state index contributed by atoms with van der Waals surface area (Å²) in [6.45, 7) is 6.11. The number of hydrogen-bond acceptors (Lipinski definition) is 5. The van der Waals surface area contributed by atoms with Crippen molar-refractivity contribution >= 4 is 23.5 Å². The summed E-state index contributed by atoms with van der Waals surface area (Å²) in [6.07, 6.45) is 3.61. The van der Waals surface area contributed by atoms with Crippen molar-refractivity contribution in [1.29, 1.82) is 0 Å². The molecule has 4 aromatic rings. The van der Waals surface area contributed by atoms with Gasteiger partial charge in [-0.25, -0.2) is 14.1 Å². The van der Waals surface area contributed by atoms with Gasteiger partial charge in [0.1, 0.15) is 17.4 Å². The fourth-order valence-corrected chi connectivity index (χ4v) is 3.82. The second-order valence-electron chi connectivity index (χ2n) is 8.38. The van der Waals surface area contributed by atoms with E-state index >= 15 is 0 Å². The molecule has 7 nitrogen and oxygen atoms in total. The van der Waals surface area contributed by atoms with Gasteiger partial charge in [-0.1, -0.05) is 32.5 Å². The topological polar surface area (TPSA) is 77.9 Å². The van der Waals surface area contributed by atoms with Crippen molar-refractivity contribution in [1.82, 2.24) is 19.3 Å². The average molecular weight is 454 g/mol. The Morgan fingerprint density at radius 3 is 2.59 bits per heavy atom. The Balaban J connectivity index is 1.54. The van der Waals surface area contributed by atoms with Gasteiger partial charge in [0.05, 0.1) is 17.1 Å². The first kappa shape index (κ1) is 21.9. The molecule has 1 amide bonds. The highest BCUT2D eigenvalue weighted by molar-refractivity contribution is 7.98. The number of rotatable bonds is 6. The molecule has 0 radical (unpaired) electrons. The Labute approximate surface area is 189 Å². The summed E-state index contributed by atoms with van der Waals surface area (Å²) in [6, 6.07) is 11.2. The Bertz CT molecular complexity index is 1230. The Hall–Kier alpha value is -3.33. The monoisotopic (exact) mass is 453 g/mol. The molecule has 0 unspecified atom stereocenters. The summed E-state index contributed by atoms with van der Waals surface area (Å²) >= 11 is 1.52. The van der Waals surface area contributed by atoms with Gasteiger partial charge in [-0.3, -0.25) is 4.79 Å². The van der Waals surface area contributed by atoms with Crippen LogP contribution in [0.1, 0.15) is 42.8 Å². The third-order valence-corrected chi connectivity index (χ3v) is 5.88. The van der Waals surface area contributed by atoms with Gasteiger partial charge in [-0.15, -0.1) is 0 Å². The largest absolute Gasteiger partial charge is 0.455 e. The number of thioether (sulfide) groups is 1. The minimum atomic E-state index is -0.387. The molecule has 1 N–H and O–H groups in total. The Morgan fingerprint density at radius 2 is 1.94 bits per heavy atom. The summed E-state index contributed by atoms with van der Waals surface area (Å²) in [4.78, 5) is 17.1. The molecule has 0 saturated carbocycles. The Morgan fingerprint density at radius 1 is 1.19 bits per heavy atom. The molecule has 3 aromatic heterocycles. The van der Waals surface area contributed by atoms with E-state index in [-0.39, 0.29) is 22.9 Å². The molecule has 4 rings (SSSR count). The van der Waals surface area contributed by atoms with Crippen LogP contribution in [0.5, 0.6) is 0 Å². The smallest absolute Gasteiger partial charge is 0.292 e. The van der Waals surface area contributed by atoms with Gasteiger partial charge in [0, 0.05) is 30.9 Å². The van der Waals surface area contributed by atoms with Gasteiger partial charge >= 0.3 is 0 Å². The third kappa shape index (κ3) is 4.77. The molecular weight excluding hydrogens is 429 g/mol. The lowest BCUT2D eigenvalue weighted by Gasteiger charge is -2.14. The molecular formula is C23H24FN5O2S. The van der Waals surface area contributed by atoms with E-state index in [1.807, 2.05) is 44.6 Å². The Kier molecular flexibility index (Phi) is 5.92.